The van der Waals surface area contributed by atoms with Gasteiger partial charge in [0, 0.05) is 17.7 Å². The summed E-state index contributed by atoms with van der Waals surface area (Å²) in [6.45, 7) is 5.73. The zero-order chi connectivity index (χ0) is 15.5. The number of hydrazone groups is 1. The van der Waals surface area contributed by atoms with Crippen molar-refractivity contribution in [3.8, 4) is 5.75 Å². The molecule has 0 spiro atoms. The molecule has 0 aliphatic carbocycles. The molecule has 0 aliphatic heterocycles. The van der Waals surface area contributed by atoms with Crippen LogP contribution >= 0.6 is 11.8 Å². The first-order chi connectivity index (χ1) is 10.2. The Labute approximate surface area is 129 Å². The third-order valence-corrected chi connectivity index (χ3v) is 3.42. The number of nitrogens with zero attached hydrogens (tertiary/aromatic N) is 2. The van der Waals surface area contributed by atoms with Crippen LogP contribution in [-0.2, 0) is 5.75 Å². The van der Waals surface area contributed by atoms with Crippen LogP contribution in [0.1, 0.15) is 12.5 Å². The van der Waals surface area contributed by atoms with Crippen molar-refractivity contribution in [2.45, 2.75) is 12.7 Å². The number of aliphatic imine (C=N–C) groups is 1. The molecule has 1 aromatic carbocycles. The fraction of sp³-hybridized carbons (Fsp3) is 0.200. The summed E-state index contributed by atoms with van der Waals surface area (Å²) in [6, 6.07) is 7.96. The van der Waals surface area contributed by atoms with Gasteiger partial charge in [0.2, 0.25) is 0 Å². The van der Waals surface area contributed by atoms with Gasteiger partial charge in [-0.3, -0.25) is 4.99 Å². The zero-order valence-corrected chi connectivity index (χ0v) is 13.1. The van der Waals surface area contributed by atoms with Crippen molar-refractivity contribution in [3.05, 3.63) is 53.2 Å². The Bertz CT molecular complexity index is 535. The Kier molecular flexibility index (Phi) is 7.74. The molecule has 21 heavy (non-hydrogen) atoms. The number of hydrogen-bond acceptors (Lipinski definition) is 5. The highest BCUT2D eigenvalue weighted by molar-refractivity contribution is 8.02. The summed E-state index contributed by atoms with van der Waals surface area (Å²) in [4.78, 5) is 4.32. The van der Waals surface area contributed by atoms with Gasteiger partial charge in [-0.05, 0) is 30.7 Å². The topological polar surface area (TPSA) is 72.0 Å². The van der Waals surface area contributed by atoms with Crippen LogP contribution < -0.4 is 15.9 Å². The van der Waals surface area contributed by atoms with Crippen molar-refractivity contribution in [3.63, 3.8) is 0 Å². The summed E-state index contributed by atoms with van der Waals surface area (Å²) in [5.41, 5.74) is 1.87. The lowest BCUT2D eigenvalue weighted by molar-refractivity contribution is 0.414. The number of thioether (sulfide) groups is 1. The summed E-state index contributed by atoms with van der Waals surface area (Å²) in [6.07, 6.45) is 4.97. The Morgan fingerprint density at radius 3 is 2.71 bits per heavy atom. The van der Waals surface area contributed by atoms with Gasteiger partial charge in [-0.15, -0.1) is 11.8 Å². The number of methoxy groups -OCH3 is 1. The largest absolute Gasteiger partial charge is 0.497 e. The quantitative estimate of drug-likeness (QED) is 0.255. The summed E-state index contributed by atoms with van der Waals surface area (Å²) >= 11 is 1.62. The van der Waals surface area contributed by atoms with E-state index in [4.69, 9.17) is 10.6 Å². The first-order valence-electron chi connectivity index (χ1n) is 6.33. The number of rotatable bonds is 8. The summed E-state index contributed by atoms with van der Waals surface area (Å²) < 4.78 is 5.14. The minimum absolute atomic E-state index is 0.673. The van der Waals surface area contributed by atoms with E-state index < -0.39 is 0 Å². The van der Waals surface area contributed by atoms with Gasteiger partial charge in [0.05, 0.1) is 12.1 Å². The fourth-order valence-corrected chi connectivity index (χ4v) is 2.35. The number of allylic oxidation sites excluding steroid dienone is 1. The SMILES string of the molecule is C=C(/C=C(\N=C/C)SCc1ccc(OC)cc1)N/C=N\N. The van der Waals surface area contributed by atoms with Crippen molar-refractivity contribution >= 4 is 24.3 Å². The number of ether oxygens (including phenoxy) is 1. The van der Waals surface area contributed by atoms with Gasteiger partial charge >= 0.3 is 0 Å². The third kappa shape index (κ3) is 6.67. The van der Waals surface area contributed by atoms with Crippen LogP contribution in [0.2, 0.25) is 0 Å². The molecule has 1 aromatic rings. The molecular formula is C15H20N4OS. The summed E-state index contributed by atoms with van der Waals surface area (Å²) in [7, 11) is 1.66. The smallest absolute Gasteiger partial charge is 0.118 e. The van der Waals surface area contributed by atoms with Crippen molar-refractivity contribution in [1.29, 1.82) is 0 Å². The van der Waals surface area contributed by atoms with Crippen LogP contribution in [0.25, 0.3) is 0 Å². The summed E-state index contributed by atoms with van der Waals surface area (Å²) in [5.74, 6) is 6.69. The lowest BCUT2D eigenvalue weighted by atomic mass is 10.2. The van der Waals surface area contributed by atoms with Crippen molar-refractivity contribution < 1.29 is 4.74 Å². The van der Waals surface area contributed by atoms with Crippen LogP contribution in [0.4, 0.5) is 0 Å². The van der Waals surface area contributed by atoms with Crippen LogP contribution in [-0.4, -0.2) is 19.7 Å². The molecule has 0 saturated heterocycles. The Balaban J connectivity index is 2.65. The zero-order valence-electron chi connectivity index (χ0n) is 12.2. The molecule has 5 nitrogen and oxygen atoms in total. The second-order valence-corrected chi connectivity index (χ2v) is 4.95. The Hall–Kier alpha value is -2.21. The van der Waals surface area contributed by atoms with Gasteiger partial charge in [0.25, 0.3) is 0 Å². The molecule has 0 radical (unpaired) electrons. The molecule has 0 bridgehead atoms. The minimum Gasteiger partial charge on any atom is -0.497 e. The van der Waals surface area contributed by atoms with Crippen LogP contribution in [0.15, 0.2) is 57.7 Å². The van der Waals surface area contributed by atoms with E-state index in [2.05, 4.69) is 22.0 Å². The second kappa shape index (κ2) is 9.66. The van der Waals surface area contributed by atoms with Gasteiger partial charge in [0.15, 0.2) is 0 Å². The Morgan fingerprint density at radius 1 is 1.43 bits per heavy atom. The number of nitrogens with two attached hydrogens (primary N) is 1. The van der Waals surface area contributed by atoms with Crippen molar-refractivity contribution in [1.82, 2.24) is 5.32 Å². The second-order valence-electron chi connectivity index (χ2n) is 3.95. The van der Waals surface area contributed by atoms with Gasteiger partial charge in [-0.2, -0.15) is 5.10 Å². The lowest BCUT2D eigenvalue weighted by Crippen LogP contribution is -2.09. The normalized spacial score (nSPS) is 12.0. The molecule has 112 valence electrons. The van der Waals surface area contributed by atoms with E-state index in [9.17, 15) is 0 Å². The predicted molar refractivity (Wildman–Crippen MR) is 91.5 cm³/mol. The molecule has 0 aliphatic rings. The van der Waals surface area contributed by atoms with Crippen LogP contribution in [0.5, 0.6) is 5.75 Å². The molecule has 0 heterocycles. The standard InChI is InChI=1S/C15H20N4OS/c1-4-17-15(9-12(2)18-11-19-16)21-10-13-5-7-14(20-3)8-6-13/h4-9,11H,2,10,16H2,1,3H3,(H,18,19)/b15-9+,17-4-. The monoisotopic (exact) mass is 304 g/mol. The maximum absolute atomic E-state index is 5.14. The van der Waals surface area contributed by atoms with E-state index in [0.717, 1.165) is 16.5 Å². The molecule has 3 N–H and O–H groups in total. The van der Waals surface area contributed by atoms with E-state index in [0.29, 0.717) is 5.70 Å². The van der Waals surface area contributed by atoms with E-state index in [1.165, 1.54) is 11.9 Å². The number of nitrogens with one attached hydrogen (secondary N) is 1. The van der Waals surface area contributed by atoms with Crippen LogP contribution in [0.3, 0.4) is 0 Å². The average Bonchev–Trinajstić information content (AvgIpc) is 2.51. The molecular weight excluding hydrogens is 284 g/mol. The van der Waals surface area contributed by atoms with Crippen molar-refractivity contribution in [2.24, 2.45) is 15.9 Å². The summed E-state index contributed by atoms with van der Waals surface area (Å²) in [5, 5.41) is 7.06. The van der Waals surface area contributed by atoms with Gasteiger partial charge in [-0.25, -0.2) is 0 Å². The highest BCUT2D eigenvalue weighted by Crippen LogP contribution is 2.24. The Morgan fingerprint density at radius 2 is 2.14 bits per heavy atom. The molecule has 0 amide bonds. The molecule has 1 rings (SSSR count). The lowest BCUT2D eigenvalue weighted by Gasteiger charge is -2.05. The molecule has 0 atom stereocenters. The van der Waals surface area contributed by atoms with Gasteiger partial charge < -0.3 is 15.9 Å². The predicted octanol–water partition coefficient (Wildman–Crippen LogP) is 2.87. The highest BCUT2D eigenvalue weighted by atomic mass is 32.2. The average molecular weight is 304 g/mol. The molecule has 6 heteroatoms. The van der Waals surface area contributed by atoms with Gasteiger partial charge in [-0.1, -0.05) is 18.7 Å². The first-order valence-corrected chi connectivity index (χ1v) is 7.31. The number of hydrogen-bond donors (Lipinski definition) is 2. The highest BCUT2D eigenvalue weighted by Gasteiger charge is 2.00. The maximum atomic E-state index is 5.14. The third-order valence-electron chi connectivity index (χ3n) is 2.42. The van der Waals surface area contributed by atoms with Crippen LogP contribution in [0, 0.1) is 0 Å². The van der Waals surface area contributed by atoms with Gasteiger partial charge in [0.1, 0.15) is 12.1 Å². The van der Waals surface area contributed by atoms with E-state index in [1.807, 2.05) is 37.3 Å². The fourth-order valence-electron chi connectivity index (χ4n) is 1.43. The van der Waals surface area contributed by atoms with E-state index in [1.54, 1.807) is 25.1 Å². The van der Waals surface area contributed by atoms with Crippen molar-refractivity contribution in [2.75, 3.05) is 7.11 Å². The van der Waals surface area contributed by atoms with E-state index >= 15 is 0 Å². The maximum Gasteiger partial charge on any atom is 0.118 e. The molecule has 0 aromatic heterocycles. The van der Waals surface area contributed by atoms with E-state index in [-0.39, 0.29) is 0 Å². The molecule has 0 fully saturated rings. The number of benzene rings is 1. The molecule has 0 saturated carbocycles. The molecule has 0 unspecified atom stereocenters. The minimum atomic E-state index is 0.673. The first kappa shape index (κ1) is 16.8.